The van der Waals surface area contributed by atoms with Gasteiger partial charge in [0.05, 0.1) is 25.6 Å². The van der Waals surface area contributed by atoms with Crippen LogP contribution in [0, 0.1) is 0 Å². The van der Waals surface area contributed by atoms with Gasteiger partial charge in [-0.1, -0.05) is 55.6 Å². The van der Waals surface area contributed by atoms with Gasteiger partial charge in [-0.15, -0.1) is 0 Å². The Kier molecular flexibility index (Phi) is 13.2. The monoisotopic (exact) mass is 784 g/mol. The molecule has 0 spiro atoms. The molecule has 0 bridgehead atoms. The number of hydrogen-bond acceptors (Lipinski definition) is 12. The molecule has 0 fully saturated rings. The van der Waals surface area contributed by atoms with Crippen LogP contribution in [0.3, 0.4) is 0 Å². The van der Waals surface area contributed by atoms with Gasteiger partial charge in [0.1, 0.15) is 27.7 Å². The molecule has 13 nitrogen and oxygen atoms in total. The maximum absolute atomic E-state index is 11.6. The summed E-state index contributed by atoms with van der Waals surface area (Å²) in [5, 5.41) is 1.77. The molecule has 0 saturated carbocycles. The number of hydrogen-bond donors (Lipinski definition) is 1. The fraction of sp³-hybridized carbons (Fsp3) is 0.200. The molecule has 2 aromatic carbocycles. The van der Waals surface area contributed by atoms with Crippen LogP contribution in [0.1, 0.15) is 13.8 Å². The van der Waals surface area contributed by atoms with Crippen LogP contribution in [-0.4, -0.2) is 75.9 Å². The van der Waals surface area contributed by atoms with Gasteiger partial charge in [0.25, 0.3) is 9.05 Å². The first kappa shape index (κ1) is 38.2. The predicted molar refractivity (Wildman–Crippen MR) is 193 cm³/mol. The molecule has 0 aliphatic rings. The SMILES string of the molecule is CCSc1nc(-c2ccc(S(=O)(=O)Cl)c(OC)c2)cc2nccn12.CCSc1nc(-c2cccc(OC)c2)cc2nccn12.O=S(=O)(O)Cl. The number of thioether (sulfide) groups is 2. The maximum atomic E-state index is 11.6. The fourth-order valence-corrected chi connectivity index (χ4v) is 6.78. The molecule has 0 atom stereocenters. The molecular weight excluding hydrogens is 756 g/mol. The fourth-order valence-electron chi connectivity index (χ4n) is 4.36. The number of rotatable bonds is 9. The zero-order valence-corrected chi connectivity index (χ0v) is 31.2. The number of halogens is 2. The van der Waals surface area contributed by atoms with E-state index in [4.69, 9.17) is 38.1 Å². The van der Waals surface area contributed by atoms with E-state index in [-0.39, 0.29) is 10.6 Å². The molecule has 4 heterocycles. The summed E-state index contributed by atoms with van der Waals surface area (Å²) < 4.78 is 62.7. The maximum Gasteiger partial charge on any atom is 0.353 e. The highest BCUT2D eigenvalue weighted by Crippen LogP contribution is 2.33. The molecular formula is C30H30Cl2N6O7S4. The normalized spacial score (nSPS) is 11.4. The molecule has 0 saturated heterocycles. The summed E-state index contributed by atoms with van der Waals surface area (Å²) in [6.07, 6.45) is 7.31. The van der Waals surface area contributed by atoms with Crippen LogP contribution in [0.15, 0.2) is 94.6 Å². The van der Waals surface area contributed by atoms with E-state index in [2.05, 4.69) is 32.6 Å². The van der Waals surface area contributed by atoms with E-state index in [9.17, 15) is 8.42 Å². The lowest BCUT2D eigenvalue weighted by Crippen LogP contribution is -1.99. The van der Waals surface area contributed by atoms with Gasteiger partial charge in [0, 0.05) is 69.4 Å². The number of fused-ring (bicyclic) bond motifs is 2. The van der Waals surface area contributed by atoms with E-state index >= 15 is 0 Å². The average Bonchev–Trinajstić information content (AvgIpc) is 3.74. The molecule has 0 amide bonds. The number of nitrogens with zero attached hydrogens (tertiary/aromatic N) is 6. The van der Waals surface area contributed by atoms with E-state index in [1.54, 1.807) is 55.2 Å². The summed E-state index contributed by atoms with van der Waals surface area (Å²) >= 11 is 3.31. The van der Waals surface area contributed by atoms with Gasteiger partial charge in [-0.3, -0.25) is 13.4 Å². The van der Waals surface area contributed by atoms with Crippen LogP contribution in [-0.2, 0) is 18.4 Å². The quantitative estimate of drug-likeness (QED) is 0.0690. The van der Waals surface area contributed by atoms with Crippen molar-refractivity contribution in [2.24, 2.45) is 0 Å². The Labute approximate surface area is 300 Å². The Morgan fingerprint density at radius 2 is 1.27 bits per heavy atom. The predicted octanol–water partition coefficient (Wildman–Crippen LogP) is 6.99. The second-order valence-electron chi connectivity index (χ2n) is 9.47. The summed E-state index contributed by atoms with van der Waals surface area (Å²) in [4.78, 5) is 18.0. The van der Waals surface area contributed by atoms with E-state index in [1.807, 2.05) is 64.5 Å². The van der Waals surface area contributed by atoms with Crippen molar-refractivity contribution in [2.45, 2.75) is 29.1 Å². The minimum Gasteiger partial charge on any atom is -0.497 e. The lowest BCUT2D eigenvalue weighted by molar-refractivity contribution is 0.403. The highest BCUT2D eigenvalue weighted by molar-refractivity contribution is 8.13. The molecule has 0 unspecified atom stereocenters. The third-order valence-electron chi connectivity index (χ3n) is 6.35. The van der Waals surface area contributed by atoms with Crippen LogP contribution >= 0.6 is 44.9 Å². The highest BCUT2D eigenvalue weighted by Gasteiger charge is 2.18. The lowest BCUT2D eigenvalue weighted by Gasteiger charge is -2.10. The number of imidazole rings is 2. The highest BCUT2D eigenvalue weighted by atomic mass is 35.7. The molecule has 260 valence electrons. The van der Waals surface area contributed by atoms with Crippen molar-refractivity contribution in [1.82, 2.24) is 28.7 Å². The third-order valence-corrected chi connectivity index (χ3v) is 9.38. The van der Waals surface area contributed by atoms with Crippen molar-refractivity contribution in [3.05, 3.63) is 79.4 Å². The molecule has 0 aliphatic heterocycles. The first-order valence-corrected chi connectivity index (χ1v) is 20.7. The van der Waals surface area contributed by atoms with Gasteiger partial charge in [0.2, 0.25) is 0 Å². The van der Waals surface area contributed by atoms with Gasteiger partial charge in [0.15, 0.2) is 10.3 Å². The van der Waals surface area contributed by atoms with Crippen LogP contribution in [0.5, 0.6) is 11.5 Å². The Morgan fingerprint density at radius 3 is 1.71 bits per heavy atom. The van der Waals surface area contributed by atoms with Crippen LogP contribution in [0.2, 0.25) is 0 Å². The number of aromatic nitrogens is 6. The van der Waals surface area contributed by atoms with Crippen molar-refractivity contribution in [3.8, 4) is 34.0 Å². The molecule has 0 aliphatic carbocycles. The van der Waals surface area contributed by atoms with Gasteiger partial charge in [-0.05, 0) is 35.8 Å². The van der Waals surface area contributed by atoms with Crippen molar-refractivity contribution in [2.75, 3.05) is 25.7 Å². The molecule has 0 radical (unpaired) electrons. The largest absolute Gasteiger partial charge is 0.497 e. The Hall–Kier alpha value is -3.58. The Bertz CT molecular complexity index is 2280. The van der Waals surface area contributed by atoms with Gasteiger partial charge >= 0.3 is 9.33 Å². The standard InChI is InChI=1S/C15H14ClN3O3S2.C15H15N3OS.ClHO3S/c1-3-23-15-18-11(9-14-17-6-7-19(14)15)10-4-5-13(24(16,20)21)12(8-10)22-2;1-3-20-15-17-13(10-14-16-7-8-18(14)15)11-5-4-6-12(9-11)19-2;1-5(2,3)4/h4-9H,3H2,1-2H3;4-10H,3H2,1-2H3;(H,2,3,4). The van der Waals surface area contributed by atoms with Crippen LogP contribution < -0.4 is 9.47 Å². The molecule has 4 aromatic heterocycles. The third kappa shape index (κ3) is 10.5. The second-order valence-corrected chi connectivity index (χ2v) is 16.5. The van der Waals surface area contributed by atoms with E-state index in [1.165, 1.54) is 13.2 Å². The topological polar surface area (TPSA) is 167 Å². The number of benzene rings is 2. The van der Waals surface area contributed by atoms with Crippen molar-refractivity contribution >= 4 is 74.6 Å². The zero-order valence-electron chi connectivity index (χ0n) is 26.4. The minimum atomic E-state index is -4.19. The van der Waals surface area contributed by atoms with E-state index in [0.29, 0.717) is 5.69 Å². The Morgan fingerprint density at radius 1 is 0.755 bits per heavy atom. The lowest BCUT2D eigenvalue weighted by atomic mass is 10.1. The molecule has 49 heavy (non-hydrogen) atoms. The summed E-state index contributed by atoms with van der Waals surface area (Å²) in [7, 11) is 4.48. The second kappa shape index (κ2) is 16.9. The first-order valence-electron chi connectivity index (χ1n) is 14.1. The molecule has 19 heteroatoms. The zero-order chi connectivity index (χ0) is 35.8. The minimum absolute atomic E-state index is 0.0690. The summed E-state index contributed by atoms with van der Waals surface area (Å²) in [6.45, 7) is 4.16. The average molecular weight is 786 g/mol. The Balaban J connectivity index is 0.000000197. The number of methoxy groups -OCH3 is 2. The van der Waals surface area contributed by atoms with Gasteiger partial charge in [-0.25, -0.2) is 28.4 Å². The smallest absolute Gasteiger partial charge is 0.353 e. The number of ether oxygens (including phenoxy) is 2. The summed E-state index contributed by atoms with van der Waals surface area (Å²) in [6, 6.07) is 16.4. The van der Waals surface area contributed by atoms with Crippen LogP contribution in [0.4, 0.5) is 0 Å². The van der Waals surface area contributed by atoms with Crippen LogP contribution in [0.25, 0.3) is 33.8 Å². The van der Waals surface area contributed by atoms with Crippen molar-refractivity contribution in [3.63, 3.8) is 0 Å². The van der Waals surface area contributed by atoms with Crippen molar-refractivity contribution in [1.29, 1.82) is 0 Å². The molecule has 6 aromatic rings. The summed E-state index contributed by atoms with van der Waals surface area (Å²) in [5.74, 6) is 2.85. The first-order chi connectivity index (χ1) is 23.2. The molecule has 1 N–H and O–H groups in total. The van der Waals surface area contributed by atoms with Gasteiger partial charge in [-0.2, -0.15) is 8.42 Å². The van der Waals surface area contributed by atoms with Gasteiger partial charge < -0.3 is 9.47 Å². The van der Waals surface area contributed by atoms with Crippen molar-refractivity contribution < 1.29 is 30.9 Å². The summed E-state index contributed by atoms with van der Waals surface area (Å²) in [5.41, 5.74) is 5.03. The molecule has 6 rings (SSSR count). The van der Waals surface area contributed by atoms with E-state index in [0.717, 1.165) is 55.7 Å². The van der Waals surface area contributed by atoms with E-state index < -0.39 is 18.4 Å².